The summed E-state index contributed by atoms with van der Waals surface area (Å²) in [6.07, 6.45) is 38.4. The van der Waals surface area contributed by atoms with Crippen LogP contribution in [-0.4, -0.2) is 68.5 Å². The molecule has 8 nitrogen and oxygen atoms in total. The molecule has 1 amide bonds. The first kappa shape index (κ1) is 50.2. The van der Waals surface area contributed by atoms with Gasteiger partial charge in [-0.3, -0.25) is 9.36 Å². The van der Waals surface area contributed by atoms with E-state index < -0.39 is 20.0 Å². The number of likely N-dealkylation sites (N-methyl/N-ethyl adjacent to an activating group) is 1. The number of aliphatic hydroxyl groups is 1. The van der Waals surface area contributed by atoms with Gasteiger partial charge in [-0.25, -0.2) is 0 Å². The third-order valence-electron chi connectivity index (χ3n) is 9.75. The van der Waals surface area contributed by atoms with Gasteiger partial charge in [0.05, 0.1) is 39.9 Å². The second kappa shape index (κ2) is 35.0. The van der Waals surface area contributed by atoms with Crippen LogP contribution in [0.2, 0.25) is 0 Å². The van der Waals surface area contributed by atoms with E-state index in [2.05, 4.69) is 19.2 Å². The quantitative estimate of drug-likeness (QED) is 0.0281. The third kappa shape index (κ3) is 37.4. The Balaban J connectivity index is 4.25. The summed E-state index contributed by atoms with van der Waals surface area (Å²) in [4.78, 5) is 25.2. The number of quaternary nitrogens is 1. The molecule has 9 heteroatoms. The molecule has 0 fully saturated rings. The van der Waals surface area contributed by atoms with E-state index in [0.717, 1.165) is 38.5 Å². The Labute approximate surface area is 316 Å². The van der Waals surface area contributed by atoms with Crippen molar-refractivity contribution in [1.29, 1.82) is 0 Å². The van der Waals surface area contributed by atoms with Crippen molar-refractivity contribution in [2.75, 3.05) is 40.9 Å². The summed E-state index contributed by atoms with van der Waals surface area (Å²) in [5, 5.41) is 13.7. The van der Waals surface area contributed by atoms with Gasteiger partial charge in [0, 0.05) is 6.42 Å². The smallest absolute Gasteiger partial charge is 0.268 e. The lowest BCUT2D eigenvalue weighted by atomic mass is 10.0. The van der Waals surface area contributed by atoms with E-state index in [4.69, 9.17) is 9.05 Å². The maximum Gasteiger partial charge on any atom is 0.268 e. The van der Waals surface area contributed by atoms with E-state index >= 15 is 0 Å². The average Bonchev–Trinajstić information content (AvgIpc) is 3.07. The van der Waals surface area contributed by atoms with Gasteiger partial charge in [-0.15, -0.1) is 0 Å². The minimum absolute atomic E-state index is 0.00163. The van der Waals surface area contributed by atoms with E-state index in [1.54, 1.807) is 6.08 Å². The van der Waals surface area contributed by atoms with Gasteiger partial charge in [-0.2, -0.15) is 0 Å². The van der Waals surface area contributed by atoms with Crippen LogP contribution in [0.5, 0.6) is 0 Å². The highest BCUT2D eigenvalue weighted by Crippen LogP contribution is 2.38. The number of nitrogens with zero attached hydrogens (tertiary/aromatic N) is 1. The normalized spacial score (nSPS) is 14.6. The van der Waals surface area contributed by atoms with E-state index in [1.807, 2.05) is 27.2 Å². The molecular weight excluding hydrogens is 659 g/mol. The molecule has 0 aromatic heterocycles. The van der Waals surface area contributed by atoms with Crippen molar-refractivity contribution in [3.05, 3.63) is 12.2 Å². The number of aliphatic hydroxyl groups excluding tert-OH is 1. The first-order valence-corrected chi connectivity index (χ1v) is 23.0. The molecule has 0 saturated carbocycles. The molecule has 0 aromatic carbocycles. The maximum atomic E-state index is 12.8. The summed E-state index contributed by atoms with van der Waals surface area (Å²) >= 11 is 0. The van der Waals surface area contributed by atoms with Crippen molar-refractivity contribution in [3.63, 3.8) is 0 Å². The summed E-state index contributed by atoms with van der Waals surface area (Å²) in [5.74, 6) is -0.197. The summed E-state index contributed by atoms with van der Waals surface area (Å²) in [6, 6.07) is -0.878. The number of phosphoric ester groups is 1. The molecule has 0 radical (unpaired) electrons. The van der Waals surface area contributed by atoms with Crippen LogP contribution in [0.4, 0.5) is 0 Å². The lowest BCUT2D eigenvalue weighted by Gasteiger charge is -2.29. The fraction of sp³-hybridized carbons (Fsp3) is 0.929. The highest BCUT2D eigenvalue weighted by atomic mass is 31.2. The maximum absolute atomic E-state index is 12.8. The summed E-state index contributed by atoms with van der Waals surface area (Å²) in [5.41, 5.74) is 0. The van der Waals surface area contributed by atoms with Crippen LogP contribution in [0.1, 0.15) is 200 Å². The molecule has 0 rings (SSSR count). The third-order valence-corrected chi connectivity index (χ3v) is 10.7. The van der Waals surface area contributed by atoms with Crippen molar-refractivity contribution in [2.24, 2.45) is 0 Å². The van der Waals surface area contributed by atoms with Gasteiger partial charge in [-0.1, -0.05) is 187 Å². The SMILES string of the molecule is CCCCCCCCC/C=C/[C@@H](O)[C@H](COP(=O)([O-])OCC[N+](C)(C)C)NC(=O)CCCCCCCCCCCCCCCCCCCCCC. The molecule has 1 unspecified atom stereocenters. The second-order valence-corrected chi connectivity index (χ2v) is 17.5. The van der Waals surface area contributed by atoms with E-state index in [9.17, 15) is 19.4 Å². The lowest BCUT2D eigenvalue weighted by molar-refractivity contribution is -0.870. The largest absolute Gasteiger partial charge is 0.756 e. The molecule has 2 N–H and O–H groups in total. The second-order valence-electron chi connectivity index (χ2n) is 16.1. The van der Waals surface area contributed by atoms with Crippen LogP contribution in [0.3, 0.4) is 0 Å². The van der Waals surface area contributed by atoms with Crippen LogP contribution in [0, 0.1) is 0 Å². The molecular formula is C42H85N2O6P. The van der Waals surface area contributed by atoms with Crippen molar-refractivity contribution >= 4 is 13.7 Å². The Kier molecular flexibility index (Phi) is 34.5. The topological polar surface area (TPSA) is 108 Å². The number of amides is 1. The fourth-order valence-electron chi connectivity index (χ4n) is 6.27. The van der Waals surface area contributed by atoms with Crippen molar-refractivity contribution in [1.82, 2.24) is 5.32 Å². The van der Waals surface area contributed by atoms with Crippen molar-refractivity contribution < 1.29 is 32.9 Å². The molecule has 0 saturated heterocycles. The predicted molar refractivity (Wildman–Crippen MR) is 215 cm³/mol. The number of hydrogen-bond donors (Lipinski definition) is 2. The molecule has 0 spiro atoms. The monoisotopic (exact) mass is 745 g/mol. The number of unbranched alkanes of at least 4 members (excludes halogenated alkanes) is 26. The molecule has 0 aromatic rings. The van der Waals surface area contributed by atoms with Crippen LogP contribution >= 0.6 is 7.82 Å². The fourth-order valence-corrected chi connectivity index (χ4v) is 6.99. The van der Waals surface area contributed by atoms with Crippen LogP contribution in [-0.2, 0) is 18.4 Å². The average molecular weight is 745 g/mol. The van der Waals surface area contributed by atoms with E-state index in [1.165, 1.54) is 141 Å². The standard InChI is InChI=1S/C42H85N2O6P/c1-6-8-10-12-14-16-17-18-19-20-21-22-23-24-25-26-28-30-32-34-36-42(46)43-40(39-50-51(47,48)49-38-37-44(3,4)5)41(45)35-33-31-29-27-15-13-11-9-7-2/h33,35,40-41,45H,6-32,34,36-39H2,1-5H3,(H-,43,46,47,48)/b35-33+/t40-,41+/m0/s1. The number of carbonyl (C=O) groups excluding carboxylic acids is 1. The minimum Gasteiger partial charge on any atom is -0.756 e. The van der Waals surface area contributed by atoms with Gasteiger partial charge in [0.2, 0.25) is 5.91 Å². The molecule has 0 bridgehead atoms. The van der Waals surface area contributed by atoms with E-state index in [0.29, 0.717) is 17.4 Å². The first-order chi connectivity index (χ1) is 24.5. The van der Waals surface area contributed by atoms with Gasteiger partial charge in [0.15, 0.2) is 0 Å². The zero-order chi connectivity index (χ0) is 37.9. The van der Waals surface area contributed by atoms with Gasteiger partial charge in [-0.05, 0) is 19.3 Å². The number of nitrogens with one attached hydrogen (secondary N) is 1. The number of hydrogen-bond acceptors (Lipinski definition) is 6. The van der Waals surface area contributed by atoms with Crippen molar-refractivity contribution in [3.8, 4) is 0 Å². The Morgan fingerprint density at radius 1 is 0.667 bits per heavy atom. The van der Waals surface area contributed by atoms with Crippen LogP contribution in [0.25, 0.3) is 0 Å². The zero-order valence-corrected chi connectivity index (χ0v) is 35.2. The number of rotatable bonds is 39. The number of carbonyl (C=O) groups is 1. The number of phosphoric acid groups is 1. The van der Waals surface area contributed by atoms with Crippen LogP contribution < -0.4 is 10.2 Å². The van der Waals surface area contributed by atoms with Crippen molar-refractivity contribution in [2.45, 2.75) is 212 Å². The molecule has 3 atom stereocenters. The zero-order valence-electron chi connectivity index (χ0n) is 34.3. The van der Waals surface area contributed by atoms with Gasteiger partial charge in [0.25, 0.3) is 7.82 Å². The molecule has 0 heterocycles. The van der Waals surface area contributed by atoms with Gasteiger partial charge >= 0.3 is 0 Å². The molecule has 51 heavy (non-hydrogen) atoms. The lowest BCUT2D eigenvalue weighted by Crippen LogP contribution is -2.45. The van der Waals surface area contributed by atoms with Gasteiger partial charge in [0.1, 0.15) is 13.2 Å². The molecule has 0 aliphatic heterocycles. The number of allylic oxidation sites excluding steroid dienone is 1. The molecule has 304 valence electrons. The Morgan fingerprint density at radius 3 is 1.47 bits per heavy atom. The first-order valence-electron chi connectivity index (χ1n) is 21.6. The molecule has 0 aliphatic rings. The van der Waals surface area contributed by atoms with E-state index in [-0.39, 0.29) is 19.1 Å². The summed E-state index contributed by atoms with van der Waals surface area (Å²) < 4.78 is 23.1. The Morgan fingerprint density at radius 2 is 1.06 bits per heavy atom. The highest BCUT2D eigenvalue weighted by Gasteiger charge is 2.23. The summed E-state index contributed by atoms with van der Waals surface area (Å²) in [7, 11) is 1.27. The minimum atomic E-state index is -4.57. The van der Waals surface area contributed by atoms with Gasteiger partial charge < -0.3 is 28.8 Å². The highest BCUT2D eigenvalue weighted by molar-refractivity contribution is 7.45. The summed E-state index contributed by atoms with van der Waals surface area (Å²) in [6.45, 7) is 4.62. The Bertz CT molecular complexity index is 850. The van der Waals surface area contributed by atoms with Crippen LogP contribution in [0.15, 0.2) is 12.2 Å². The Hall–Kier alpha value is -0.760. The molecule has 0 aliphatic carbocycles. The predicted octanol–water partition coefficient (Wildman–Crippen LogP) is 10.9.